The molecule has 1 spiro atoms. The Morgan fingerprint density at radius 1 is 1.34 bits per heavy atom. The molecule has 29 heavy (non-hydrogen) atoms. The molecule has 0 aliphatic carbocycles. The van der Waals surface area contributed by atoms with Crippen molar-refractivity contribution in [2.75, 3.05) is 33.3 Å². The summed E-state index contributed by atoms with van der Waals surface area (Å²) in [5.74, 6) is 0.512. The van der Waals surface area contributed by atoms with Crippen molar-refractivity contribution in [2.24, 2.45) is 5.92 Å². The molecule has 2 saturated heterocycles. The Morgan fingerprint density at radius 3 is 2.97 bits per heavy atom. The quantitative estimate of drug-likeness (QED) is 0.785. The Hall–Kier alpha value is -2.75. The molecule has 0 radical (unpaired) electrons. The number of carbonyl (C=O) groups excluding carboxylic acids is 1. The number of benzene rings is 1. The van der Waals surface area contributed by atoms with E-state index < -0.39 is 0 Å². The predicted octanol–water partition coefficient (Wildman–Crippen LogP) is 2.71. The van der Waals surface area contributed by atoms with Crippen LogP contribution in [0.15, 0.2) is 48.8 Å². The second kappa shape index (κ2) is 8.32. The molecule has 3 heterocycles. The van der Waals surface area contributed by atoms with E-state index in [1.807, 2.05) is 23.2 Å². The molecule has 1 amide bonds. The number of amides is 1. The number of hydrogen-bond acceptors (Lipinski definition) is 5. The molecule has 1 aromatic carbocycles. The van der Waals surface area contributed by atoms with E-state index in [-0.39, 0.29) is 11.4 Å². The number of carbonyl (C=O) groups is 1. The van der Waals surface area contributed by atoms with Gasteiger partial charge in [-0.15, -0.1) is 0 Å². The van der Waals surface area contributed by atoms with Crippen molar-refractivity contribution in [1.29, 1.82) is 5.26 Å². The summed E-state index contributed by atoms with van der Waals surface area (Å²) < 4.78 is 5.96. The summed E-state index contributed by atoms with van der Waals surface area (Å²) in [5, 5.41) is 9.06. The smallest absolute Gasteiger partial charge is 0.254 e. The Balaban J connectivity index is 1.32. The molecule has 0 saturated carbocycles. The van der Waals surface area contributed by atoms with E-state index >= 15 is 0 Å². The molecule has 2 fully saturated rings. The number of likely N-dealkylation sites (tertiary alicyclic amines) is 2. The molecule has 6 nitrogen and oxygen atoms in total. The van der Waals surface area contributed by atoms with Crippen LogP contribution in [0.1, 0.15) is 34.3 Å². The van der Waals surface area contributed by atoms with E-state index in [1.54, 1.807) is 30.5 Å². The van der Waals surface area contributed by atoms with Gasteiger partial charge in [-0.2, -0.15) is 5.26 Å². The predicted molar refractivity (Wildman–Crippen MR) is 109 cm³/mol. The topological polar surface area (TPSA) is 69.5 Å². The number of aromatic nitrogens is 1. The number of nitrogens with zero attached hydrogens (tertiary/aromatic N) is 4. The minimum atomic E-state index is 0.0103. The lowest BCUT2D eigenvalue weighted by Gasteiger charge is -2.58. The SMILES string of the molecule is CN1CC[C@@H](COCc2cccnc2)CC12CN(C(=O)c1cccc(C#N)c1)C2. The minimum Gasteiger partial charge on any atom is -0.376 e. The number of hydrogen-bond donors (Lipinski definition) is 0. The van der Waals surface area contributed by atoms with Crippen LogP contribution in [0.5, 0.6) is 0 Å². The summed E-state index contributed by atoms with van der Waals surface area (Å²) >= 11 is 0. The van der Waals surface area contributed by atoms with Gasteiger partial charge in [-0.25, -0.2) is 0 Å². The number of likely N-dealkylation sites (N-methyl/N-ethyl adjacent to an activating group) is 1. The van der Waals surface area contributed by atoms with E-state index in [0.717, 1.165) is 44.6 Å². The molecule has 150 valence electrons. The van der Waals surface area contributed by atoms with Gasteiger partial charge in [-0.1, -0.05) is 12.1 Å². The van der Waals surface area contributed by atoms with Gasteiger partial charge >= 0.3 is 0 Å². The molecule has 2 aliphatic heterocycles. The van der Waals surface area contributed by atoms with Crippen molar-refractivity contribution in [3.63, 3.8) is 0 Å². The summed E-state index contributed by atoms with van der Waals surface area (Å²) in [5.41, 5.74) is 2.25. The van der Waals surface area contributed by atoms with Gasteiger partial charge in [0.15, 0.2) is 0 Å². The fourth-order valence-corrected chi connectivity index (χ4v) is 4.46. The van der Waals surface area contributed by atoms with Crippen LogP contribution >= 0.6 is 0 Å². The van der Waals surface area contributed by atoms with E-state index in [9.17, 15) is 4.79 Å². The fourth-order valence-electron chi connectivity index (χ4n) is 4.46. The molecule has 0 N–H and O–H groups in total. The standard InChI is InChI=1S/C23H26N4O2/c1-26-9-7-19(14-29-15-20-5-3-8-25-13-20)11-23(26)16-27(17-23)22(28)21-6-2-4-18(10-21)12-24/h2-6,8,10,13,19H,7,9,11,14-17H2,1H3/t19-/m1/s1. The van der Waals surface area contributed by atoms with Crippen LogP contribution in [-0.4, -0.2) is 59.5 Å². The largest absolute Gasteiger partial charge is 0.376 e. The zero-order valence-electron chi connectivity index (χ0n) is 16.8. The monoisotopic (exact) mass is 390 g/mol. The van der Waals surface area contributed by atoms with Crippen molar-refractivity contribution in [3.8, 4) is 6.07 Å². The number of nitriles is 1. The van der Waals surface area contributed by atoms with Gasteiger partial charge in [0.25, 0.3) is 5.91 Å². The Morgan fingerprint density at radius 2 is 2.21 bits per heavy atom. The molecule has 1 aromatic heterocycles. The second-order valence-electron chi connectivity index (χ2n) is 8.23. The van der Waals surface area contributed by atoms with Crippen molar-refractivity contribution in [2.45, 2.75) is 25.0 Å². The lowest BCUT2D eigenvalue weighted by Crippen LogP contribution is -2.72. The number of rotatable bonds is 5. The Kier molecular flexibility index (Phi) is 5.61. The van der Waals surface area contributed by atoms with E-state index in [4.69, 9.17) is 10.00 Å². The average molecular weight is 390 g/mol. The third-order valence-electron chi connectivity index (χ3n) is 6.19. The van der Waals surface area contributed by atoms with Gasteiger partial charge in [0.2, 0.25) is 0 Å². The van der Waals surface area contributed by atoms with Gasteiger partial charge in [-0.05, 0) is 62.2 Å². The number of piperidine rings is 1. The highest BCUT2D eigenvalue weighted by Crippen LogP contribution is 2.39. The molecule has 6 heteroatoms. The van der Waals surface area contributed by atoms with Crippen molar-refractivity contribution < 1.29 is 9.53 Å². The first kappa shape index (κ1) is 19.6. The van der Waals surface area contributed by atoms with E-state index in [1.165, 1.54) is 0 Å². The highest BCUT2D eigenvalue weighted by atomic mass is 16.5. The van der Waals surface area contributed by atoms with Gasteiger partial charge in [0, 0.05) is 37.7 Å². The van der Waals surface area contributed by atoms with Crippen LogP contribution in [0.4, 0.5) is 0 Å². The maximum Gasteiger partial charge on any atom is 0.254 e. The lowest BCUT2D eigenvalue weighted by atomic mass is 9.75. The maximum absolute atomic E-state index is 12.8. The zero-order valence-corrected chi connectivity index (χ0v) is 16.8. The number of pyridine rings is 1. The van der Waals surface area contributed by atoms with Crippen LogP contribution in [0.2, 0.25) is 0 Å². The zero-order chi connectivity index (χ0) is 20.3. The molecule has 0 unspecified atom stereocenters. The fraction of sp³-hybridized carbons (Fsp3) is 0.435. The van der Waals surface area contributed by atoms with E-state index in [0.29, 0.717) is 23.7 Å². The van der Waals surface area contributed by atoms with Gasteiger partial charge in [-0.3, -0.25) is 14.7 Å². The van der Waals surface area contributed by atoms with Crippen molar-refractivity contribution in [1.82, 2.24) is 14.8 Å². The second-order valence-corrected chi connectivity index (χ2v) is 8.23. The Bertz CT molecular complexity index is 903. The Labute approximate surface area is 171 Å². The van der Waals surface area contributed by atoms with Crippen LogP contribution in [0, 0.1) is 17.2 Å². The molecule has 0 bridgehead atoms. The van der Waals surface area contributed by atoms with Gasteiger partial charge < -0.3 is 9.64 Å². The molecule has 4 rings (SSSR count). The van der Waals surface area contributed by atoms with Crippen molar-refractivity contribution >= 4 is 5.91 Å². The first-order valence-electron chi connectivity index (χ1n) is 10.1. The lowest BCUT2D eigenvalue weighted by molar-refractivity contribution is -0.0768. The van der Waals surface area contributed by atoms with E-state index in [2.05, 4.69) is 23.0 Å². The summed E-state index contributed by atoms with van der Waals surface area (Å²) in [6.45, 7) is 3.82. The first-order chi connectivity index (χ1) is 14.1. The summed E-state index contributed by atoms with van der Waals surface area (Å²) in [6.07, 6.45) is 5.76. The highest BCUT2D eigenvalue weighted by Gasteiger charge is 2.50. The molecule has 2 aromatic rings. The van der Waals surface area contributed by atoms with Crippen LogP contribution < -0.4 is 0 Å². The summed E-state index contributed by atoms with van der Waals surface area (Å²) in [7, 11) is 2.16. The summed E-state index contributed by atoms with van der Waals surface area (Å²) in [4.78, 5) is 21.2. The normalized spacial score (nSPS) is 20.8. The molecule has 1 atom stereocenters. The highest BCUT2D eigenvalue weighted by molar-refractivity contribution is 5.95. The van der Waals surface area contributed by atoms with Crippen LogP contribution in [0.25, 0.3) is 0 Å². The van der Waals surface area contributed by atoms with Gasteiger partial charge in [0.1, 0.15) is 0 Å². The molecule has 2 aliphatic rings. The van der Waals surface area contributed by atoms with Gasteiger partial charge in [0.05, 0.1) is 23.8 Å². The summed E-state index contributed by atoms with van der Waals surface area (Å²) in [6, 6.07) is 13.0. The number of ether oxygens (including phenoxy) is 1. The van der Waals surface area contributed by atoms with Crippen LogP contribution in [0.3, 0.4) is 0 Å². The molecular weight excluding hydrogens is 364 g/mol. The molecular formula is C23H26N4O2. The third-order valence-corrected chi connectivity index (χ3v) is 6.19. The average Bonchev–Trinajstić information content (AvgIpc) is 2.73. The van der Waals surface area contributed by atoms with Crippen LogP contribution in [-0.2, 0) is 11.3 Å². The minimum absolute atomic E-state index is 0.0103. The maximum atomic E-state index is 12.8. The first-order valence-corrected chi connectivity index (χ1v) is 10.1. The van der Waals surface area contributed by atoms with Crippen molar-refractivity contribution in [3.05, 3.63) is 65.5 Å². The third kappa shape index (κ3) is 4.16.